The number of halogens is 3. The molecule has 4 heterocycles. The first-order valence-electron chi connectivity index (χ1n) is 11.6. The van der Waals surface area contributed by atoms with Gasteiger partial charge in [0.15, 0.2) is 17.2 Å². The molecule has 1 aliphatic rings. The fraction of sp³-hybridized carbons (Fsp3) is 0.280. The van der Waals surface area contributed by atoms with Crippen LogP contribution in [0.5, 0.6) is 5.75 Å². The van der Waals surface area contributed by atoms with Gasteiger partial charge in [-0.25, -0.2) is 9.97 Å². The number of rotatable bonds is 4. The predicted octanol–water partition coefficient (Wildman–Crippen LogP) is 3.85. The number of aromatic nitrogens is 6. The van der Waals surface area contributed by atoms with Crippen molar-refractivity contribution in [1.29, 1.82) is 0 Å². The number of hydrogen-bond donors (Lipinski definition) is 1. The second-order valence-corrected chi connectivity index (χ2v) is 9.10. The topological polar surface area (TPSA) is 99.4 Å². The average molecular weight is 509 g/mol. The lowest BCUT2D eigenvalue weighted by molar-refractivity contribution is -0.140. The first-order valence-corrected chi connectivity index (χ1v) is 11.6. The van der Waals surface area contributed by atoms with Crippen LogP contribution < -0.4 is 10.5 Å². The molecule has 1 aliphatic heterocycles. The highest BCUT2D eigenvalue weighted by molar-refractivity contribution is 5.95. The molecule has 37 heavy (non-hydrogen) atoms. The number of ether oxygens (including phenoxy) is 1. The molecule has 0 bridgehead atoms. The summed E-state index contributed by atoms with van der Waals surface area (Å²) in [6.45, 7) is 1.78. The lowest BCUT2D eigenvalue weighted by Gasteiger charge is -2.28. The van der Waals surface area contributed by atoms with Crippen LogP contribution >= 0.6 is 0 Å². The van der Waals surface area contributed by atoms with Gasteiger partial charge < -0.3 is 10.5 Å². The third kappa shape index (κ3) is 4.02. The molecule has 0 spiro atoms. The molecule has 9 nitrogen and oxygen atoms in total. The Morgan fingerprint density at radius 2 is 1.92 bits per heavy atom. The number of nitrogens with zero attached hydrogens (tertiary/aromatic N) is 7. The van der Waals surface area contributed by atoms with E-state index in [0.717, 1.165) is 29.5 Å². The second-order valence-electron chi connectivity index (χ2n) is 9.10. The van der Waals surface area contributed by atoms with Crippen molar-refractivity contribution in [3.05, 3.63) is 65.2 Å². The van der Waals surface area contributed by atoms with Crippen LogP contribution in [0.1, 0.15) is 22.6 Å². The van der Waals surface area contributed by atoms with Crippen LogP contribution in [0.15, 0.2) is 42.6 Å². The van der Waals surface area contributed by atoms with Gasteiger partial charge in [0.1, 0.15) is 11.3 Å². The molecular weight excluding hydrogens is 485 g/mol. The van der Waals surface area contributed by atoms with Gasteiger partial charge in [0, 0.05) is 37.3 Å². The van der Waals surface area contributed by atoms with E-state index in [1.54, 1.807) is 13.2 Å². The van der Waals surface area contributed by atoms with Crippen LogP contribution in [-0.2, 0) is 32.7 Å². The van der Waals surface area contributed by atoms with Crippen LogP contribution in [-0.4, -0.2) is 47.9 Å². The van der Waals surface area contributed by atoms with Gasteiger partial charge in [0.2, 0.25) is 5.95 Å². The zero-order valence-corrected chi connectivity index (χ0v) is 20.1. The second kappa shape index (κ2) is 8.44. The highest BCUT2D eigenvalue weighted by Gasteiger charge is 2.37. The van der Waals surface area contributed by atoms with Gasteiger partial charge in [0.05, 0.1) is 13.7 Å². The molecule has 0 fully saturated rings. The number of fused-ring (bicyclic) bond motifs is 4. The molecule has 6 rings (SSSR count). The Bertz CT molecular complexity index is 1660. The number of para-hydroxylation sites is 1. The van der Waals surface area contributed by atoms with Gasteiger partial charge in [0.25, 0.3) is 0 Å². The molecule has 2 N–H and O–H groups in total. The van der Waals surface area contributed by atoms with Crippen molar-refractivity contribution in [3.8, 4) is 16.9 Å². The fourth-order valence-electron chi connectivity index (χ4n) is 4.93. The van der Waals surface area contributed by atoms with Crippen LogP contribution in [0.2, 0.25) is 0 Å². The minimum atomic E-state index is -4.53. The van der Waals surface area contributed by atoms with Crippen LogP contribution in [0.25, 0.3) is 27.7 Å². The van der Waals surface area contributed by atoms with Crippen molar-refractivity contribution in [2.24, 2.45) is 7.05 Å². The van der Waals surface area contributed by atoms with Crippen LogP contribution in [0.4, 0.5) is 19.1 Å². The van der Waals surface area contributed by atoms with Crippen LogP contribution in [0.3, 0.4) is 0 Å². The Kier molecular flexibility index (Phi) is 5.30. The van der Waals surface area contributed by atoms with E-state index in [9.17, 15) is 13.2 Å². The van der Waals surface area contributed by atoms with E-state index in [1.165, 1.54) is 22.4 Å². The number of nitrogen functional groups attached to an aromatic ring is 1. The zero-order valence-electron chi connectivity index (χ0n) is 20.1. The smallest absolute Gasteiger partial charge is 0.435 e. The summed E-state index contributed by atoms with van der Waals surface area (Å²) in [5.74, 6) is 1.38. The summed E-state index contributed by atoms with van der Waals surface area (Å²) < 4.78 is 48.7. The maximum atomic E-state index is 13.5. The number of nitrogens with two attached hydrogens (primary N) is 1. The van der Waals surface area contributed by atoms with Crippen molar-refractivity contribution in [2.75, 3.05) is 19.4 Å². The monoisotopic (exact) mass is 508 g/mol. The zero-order chi connectivity index (χ0) is 25.9. The largest absolute Gasteiger partial charge is 0.494 e. The van der Waals surface area contributed by atoms with Crippen molar-refractivity contribution < 1.29 is 17.9 Å². The molecule has 12 heteroatoms. The number of aryl methyl sites for hydroxylation is 1. The maximum absolute atomic E-state index is 13.5. The average Bonchev–Trinajstić information content (AvgIpc) is 3.47. The Balaban J connectivity index is 1.30. The van der Waals surface area contributed by atoms with E-state index in [0.29, 0.717) is 41.4 Å². The van der Waals surface area contributed by atoms with Gasteiger partial charge in [-0.05, 0) is 41.3 Å². The molecule has 3 aromatic heterocycles. The Hall–Kier alpha value is -4.19. The summed E-state index contributed by atoms with van der Waals surface area (Å²) in [6, 6.07) is 11.0. The summed E-state index contributed by atoms with van der Waals surface area (Å²) in [7, 11) is 3.06. The molecule has 190 valence electrons. The van der Waals surface area contributed by atoms with E-state index < -0.39 is 11.9 Å². The Morgan fingerprint density at radius 1 is 1.08 bits per heavy atom. The minimum absolute atomic E-state index is 0.0715. The van der Waals surface area contributed by atoms with Crippen molar-refractivity contribution in [1.82, 2.24) is 34.3 Å². The summed E-state index contributed by atoms with van der Waals surface area (Å²) in [5.41, 5.74) is 9.14. The summed E-state index contributed by atoms with van der Waals surface area (Å²) in [5, 5.41) is 8.99. The molecule has 0 radical (unpaired) electrons. The summed E-state index contributed by atoms with van der Waals surface area (Å²) >= 11 is 0. The lowest BCUT2D eigenvalue weighted by Crippen LogP contribution is -2.30. The fourth-order valence-corrected chi connectivity index (χ4v) is 4.93. The predicted molar refractivity (Wildman–Crippen MR) is 131 cm³/mol. The van der Waals surface area contributed by atoms with Crippen molar-refractivity contribution >= 4 is 22.5 Å². The van der Waals surface area contributed by atoms with E-state index in [2.05, 4.69) is 20.1 Å². The summed E-state index contributed by atoms with van der Waals surface area (Å²) in [4.78, 5) is 11.3. The normalized spacial score (nSPS) is 14.4. The van der Waals surface area contributed by atoms with Crippen molar-refractivity contribution in [2.45, 2.75) is 25.7 Å². The van der Waals surface area contributed by atoms with Gasteiger partial charge in [-0.15, -0.1) is 5.10 Å². The molecule has 5 aromatic rings. The first kappa shape index (κ1) is 23.2. The van der Waals surface area contributed by atoms with Gasteiger partial charge in [-0.3, -0.25) is 9.58 Å². The highest BCUT2D eigenvalue weighted by Crippen LogP contribution is 2.37. The Labute approximate surface area is 209 Å². The molecule has 0 saturated heterocycles. The quantitative estimate of drug-likeness (QED) is 0.394. The number of anilines is 1. The SMILES string of the molecule is COc1cccc2c1nc(N)n1nc(CN3CCc4ccc(-c5cn(C)nc5C(F)(F)F)cc4C3)nc21. The number of benzene rings is 2. The van der Waals surface area contributed by atoms with Gasteiger partial charge >= 0.3 is 6.18 Å². The van der Waals surface area contributed by atoms with Gasteiger partial charge in [-0.2, -0.15) is 22.8 Å². The lowest BCUT2D eigenvalue weighted by atomic mass is 9.94. The molecule has 2 aromatic carbocycles. The highest BCUT2D eigenvalue weighted by atomic mass is 19.4. The number of alkyl halides is 3. The third-order valence-electron chi connectivity index (χ3n) is 6.63. The number of hydrogen-bond acceptors (Lipinski definition) is 7. The molecule has 0 saturated carbocycles. The number of methoxy groups -OCH3 is 1. The van der Waals surface area contributed by atoms with Crippen LogP contribution in [0, 0.1) is 0 Å². The maximum Gasteiger partial charge on any atom is 0.435 e. The molecule has 0 unspecified atom stereocenters. The standard InChI is InChI=1S/C25H23F3N8O/c1-34-12-18(22(33-34)25(26,27)28)15-7-6-14-8-9-35(11-16(14)10-15)13-20-30-23-17-4-3-5-19(37-2)21(17)31-24(29)36(23)32-20/h3-7,10,12H,8-9,11,13H2,1-2H3,(H2,29,31). The van der Waals surface area contributed by atoms with E-state index in [-0.39, 0.29) is 11.5 Å². The molecular formula is C25H23F3N8O. The third-order valence-corrected chi connectivity index (χ3v) is 6.63. The minimum Gasteiger partial charge on any atom is -0.494 e. The first-order chi connectivity index (χ1) is 17.7. The Morgan fingerprint density at radius 3 is 2.70 bits per heavy atom. The van der Waals surface area contributed by atoms with E-state index in [1.807, 2.05) is 30.3 Å². The molecule has 0 aliphatic carbocycles. The van der Waals surface area contributed by atoms with E-state index in [4.69, 9.17) is 15.5 Å². The summed E-state index contributed by atoms with van der Waals surface area (Å²) in [6.07, 6.45) is -2.35. The van der Waals surface area contributed by atoms with E-state index >= 15 is 0 Å². The molecule has 0 amide bonds. The van der Waals surface area contributed by atoms with Gasteiger partial charge in [-0.1, -0.05) is 18.2 Å². The molecule has 0 atom stereocenters. The van der Waals surface area contributed by atoms with Crippen molar-refractivity contribution in [3.63, 3.8) is 0 Å².